The van der Waals surface area contributed by atoms with E-state index in [-0.39, 0.29) is 29.2 Å². The van der Waals surface area contributed by atoms with Gasteiger partial charge in [0.1, 0.15) is 0 Å². The fourth-order valence-corrected chi connectivity index (χ4v) is 6.10. The molecule has 2 heterocycles. The van der Waals surface area contributed by atoms with E-state index in [1.54, 1.807) is 0 Å². The third kappa shape index (κ3) is 3.50. The van der Waals surface area contributed by atoms with Gasteiger partial charge in [0.05, 0.1) is 23.5 Å². The molecule has 31 heavy (non-hydrogen) atoms. The summed E-state index contributed by atoms with van der Waals surface area (Å²) in [7, 11) is 0. The van der Waals surface area contributed by atoms with Crippen LogP contribution < -0.4 is 10.9 Å². The lowest BCUT2D eigenvalue weighted by Gasteiger charge is -2.39. The van der Waals surface area contributed by atoms with Crippen molar-refractivity contribution in [2.75, 3.05) is 25.1 Å². The fourth-order valence-electron chi connectivity index (χ4n) is 6.10. The van der Waals surface area contributed by atoms with Crippen molar-refractivity contribution in [3.05, 3.63) is 45.9 Å². The first kappa shape index (κ1) is 20.7. The maximum absolute atomic E-state index is 14.1. The van der Waals surface area contributed by atoms with Gasteiger partial charge in [-0.1, -0.05) is 37.1 Å². The van der Waals surface area contributed by atoms with E-state index in [1.165, 1.54) is 18.4 Å². The van der Waals surface area contributed by atoms with Gasteiger partial charge in [0, 0.05) is 31.0 Å². The lowest BCUT2D eigenvalue weighted by atomic mass is 9.68. The Kier molecular flexibility index (Phi) is 5.18. The third-order valence-corrected chi connectivity index (χ3v) is 7.46. The summed E-state index contributed by atoms with van der Waals surface area (Å²) in [4.78, 5) is 19.1. The number of fused-ring (bicyclic) bond motifs is 4. The van der Waals surface area contributed by atoms with Gasteiger partial charge in [0.15, 0.2) is 0 Å². The van der Waals surface area contributed by atoms with Gasteiger partial charge >= 0.3 is 0 Å². The van der Waals surface area contributed by atoms with Crippen LogP contribution in [-0.2, 0) is 16.6 Å². The average Bonchev–Trinajstić information content (AvgIpc) is 3.20. The molecule has 1 saturated heterocycles. The minimum absolute atomic E-state index is 0.000995. The van der Waals surface area contributed by atoms with E-state index in [2.05, 4.69) is 37.4 Å². The quantitative estimate of drug-likeness (QED) is 0.782. The van der Waals surface area contributed by atoms with Gasteiger partial charge in [-0.15, -0.1) is 0 Å². The lowest BCUT2D eigenvalue weighted by Crippen LogP contribution is -2.41. The number of nitrogens with one attached hydrogen (secondary N) is 1. The summed E-state index contributed by atoms with van der Waals surface area (Å²) in [6, 6.07) is 8.49. The summed E-state index contributed by atoms with van der Waals surface area (Å²) in [6.45, 7) is 5.16. The Labute approximate surface area is 183 Å². The predicted molar refractivity (Wildman–Crippen MR) is 122 cm³/mol. The van der Waals surface area contributed by atoms with Crippen molar-refractivity contribution >= 4 is 5.95 Å². The number of nitrogens with zero attached hydrogens (tertiary/aromatic N) is 2. The molecular weight excluding hydrogens is 390 g/mol. The van der Waals surface area contributed by atoms with Crippen LogP contribution in [0.3, 0.4) is 0 Å². The summed E-state index contributed by atoms with van der Waals surface area (Å²) in [5.74, 6) is 0.591. The van der Waals surface area contributed by atoms with Gasteiger partial charge in [0.25, 0.3) is 5.56 Å². The van der Waals surface area contributed by atoms with Crippen molar-refractivity contribution in [2.45, 2.75) is 75.9 Å². The van der Waals surface area contributed by atoms with Gasteiger partial charge in [0.2, 0.25) is 5.95 Å². The first-order valence-electron chi connectivity index (χ1n) is 11.7. The second-order valence-corrected chi connectivity index (χ2v) is 10.0. The largest absolute Gasteiger partial charge is 0.395 e. The molecule has 1 spiro atoms. The smallest absolute Gasteiger partial charge is 0.263 e. The Morgan fingerprint density at radius 2 is 2.03 bits per heavy atom. The number of anilines is 1. The zero-order valence-electron chi connectivity index (χ0n) is 18.6. The van der Waals surface area contributed by atoms with Crippen LogP contribution >= 0.6 is 0 Å². The normalized spacial score (nSPS) is 23.4. The average molecular weight is 424 g/mol. The van der Waals surface area contributed by atoms with Crippen molar-refractivity contribution < 1.29 is 9.84 Å². The highest BCUT2D eigenvalue weighted by Gasteiger charge is 2.43. The second kappa shape index (κ2) is 7.75. The molecule has 1 aromatic heterocycles. The minimum atomic E-state index is -0.279. The number of benzene rings is 1. The summed E-state index contributed by atoms with van der Waals surface area (Å²) in [5, 5.41) is 12.7. The van der Waals surface area contributed by atoms with Crippen molar-refractivity contribution in [1.82, 2.24) is 9.55 Å². The maximum atomic E-state index is 14.1. The molecular formula is C25H33N3O3. The van der Waals surface area contributed by atoms with Gasteiger partial charge in [-0.2, -0.15) is 0 Å². The number of hydrogen-bond donors (Lipinski definition) is 2. The number of rotatable bonds is 4. The van der Waals surface area contributed by atoms with E-state index in [0.29, 0.717) is 19.1 Å². The molecule has 6 nitrogen and oxygen atoms in total. The molecule has 0 bridgehead atoms. The molecule has 5 rings (SSSR count). The molecule has 2 N–H and O–H groups in total. The van der Waals surface area contributed by atoms with E-state index in [1.807, 2.05) is 10.6 Å². The zero-order valence-corrected chi connectivity index (χ0v) is 18.6. The van der Waals surface area contributed by atoms with Gasteiger partial charge in [-0.25, -0.2) is 4.98 Å². The van der Waals surface area contributed by atoms with Crippen molar-refractivity contribution in [2.24, 2.45) is 0 Å². The highest BCUT2D eigenvalue weighted by atomic mass is 16.5. The van der Waals surface area contributed by atoms with Crippen LogP contribution in [0.15, 0.2) is 29.1 Å². The molecule has 166 valence electrons. The molecule has 1 aromatic carbocycles. The number of aliphatic hydroxyl groups excluding tert-OH is 1. The highest BCUT2D eigenvalue weighted by Crippen LogP contribution is 2.50. The van der Waals surface area contributed by atoms with E-state index >= 15 is 0 Å². The Morgan fingerprint density at radius 1 is 1.26 bits per heavy atom. The Bertz CT molecular complexity index is 1040. The van der Waals surface area contributed by atoms with Gasteiger partial charge in [-0.05, 0) is 50.7 Å². The van der Waals surface area contributed by atoms with Crippen molar-refractivity contribution in [3.63, 3.8) is 0 Å². The van der Waals surface area contributed by atoms with Crippen LogP contribution in [0.25, 0.3) is 11.1 Å². The topological polar surface area (TPSA) is 76.4 Å². The molecule has 0 radical (unpaired) electrons. The van der Waals surface area contributed by atoms with Crippen LogP contribution in [0.2, 0.25) is 0 Å². The number of ether oxygens (including phenoxy) is 1. The minimum Gasteiger partial charge on any atom is -0.395 e. The Morgan fingerprint density at radius 3 is 2.77 bits per heavy atom. The summed E-state index contributed by atoms with van der Waals surface area (Å²) < 4.78 is 7.76. The van der Waals surface area contributed by atoms with Crippen LogP contribution in [0.5, 0.6) is 0 Å². The fraction of sp³-hybridized carbons (Fsp3) is 0.600. The monoisotopic (exact) mass is 423 g/mol. The van der Waals surface area contributed by atoms with Crippen LogP contribution in [0.1, 0.15) is 69.7 Å². The molecule has 2 aromatic rings. The SMILES string of the molecule is CC1(C)CC(n2c(NCCO)nc3c(c2=O)-c2ccccc2C2(CCCC2)C3)CCO1. The molecule has 1 saturated carbocycles. The molecule has 1 aliphatic heterocycles. The summed E-state index contributed by atoms with van der Waals surface area (Å²) in [5.41, 5.74) is 3.93. The Balaban J connectivity index is 1.70. The first-order chi connectivity index (χ1) is 14.9. The number of hydrogen-bond acceptors (Lipinski definition) is 5. The zero-order chi connectivity index (χ0) is 21.6. The standard InChI is InChI=1S/C25H33N3O3/c1-24(2)15-17(9-14-31-24)28-22(30)21-18-7-3-4-8-19(18)25(10-5-6-11-25)16-20(21)27-23(28)26-12-13-29/h3-4,7-8,17,29H,5-6,9-16H2,1-2H3,(H,26,27). The van der Waals surface area contributed by atoms with Crippen LogP contribution in [0.4, 0.5) is 5.95 Å². The number of aliphatic hydroxyl groups is 1. The van der Waals surface area contributed by atoms with E-state index in [0.717, 1.165) is 48.9 Å². The lowest BCUT2D eigenvalue weighted by molar-refractivity contribution is -0.0693. The first-order valence-corrected chi connectivity index (χ1v) is 11.7. The van der Waals surface area contributed by atoms with Crippen LogP contribution in [-0.4, -0.2) is 40.0 Å². The summed E-state index contributed by atoms with van der Waals surface area (Å²) in [6.07, 6.45) is 7.13. The van der Waals surface area contributed by atoms with Crippen LogP contribution in [0, 0.1) is 0 Å². The third-order valence-electron chi connectivity index (χ3n) is 7.46. The predicted octanol–water partition coefficient (Wildman–Crippen LogP) is 3.81. The molecule has 2 aliphatic carbocycles. The molecule has 3 aliphatic rings. The van der Waals surface area contributed by atoms with Gasteiger partial charge in [-0.3, -0.25) is 9.36 Å². The van der Waals surface area contributed by atoms with E-state index < -0.39 is 0 Å². The summed E-state index contributed by atoms with van der Waals surface area (Å²) >= 11 is 0. The molecule has 6 heteroatoms. The van der Waals surface area contributed by atoms with Crippen molar-refractivity contribution in [3.8, 4) is 11.1 Å². The van der Waals surface area contributed by atoms with E-state index in [4.69, 9.17) is 9.72 Å². The van der Waals surface area contributed by atoms with Crippen molar-refractivity contribution in [1.29, 1.82) is 0 Å². The maximum Gasteiger partial charge on any atom is 0.263 e. The Hall–Kier alpha value is -2.18. The van der Waals surface area contributed by atoms with Gasteiger partial charge < -0.3 is 15.2 Å². The second-order valence-electron chi connectivity index (χ2n) is 10.0. The highest BCUT2D eigenvalue weighted by molar-refractivity contribution is 5.74. The molecule has 2 fully saturated rings. The number of aromatic nitrogens is 2. The molecule has 0 amide bonds. The molecule has 1 atom stereocenters. The molecule has 1 unspecified atom stereocenters. The van der Waals surface area contributed by atoms with E-state index in [9.17, 15) is 9.90 Å².